The zero-order valence-electron chi connectivity index (χ0n) is 14.0. The zero-order valence-corrected chi connectivity index (χ0v) is 14.8. The largest absolute Gasteiger partial charge is 0.349 e. The number of amides is 1. The molecule has 6 heteroatoms. The highest BCUT2D eigenvalue weighted by Crippen LogP contribution is 2.16. The molecule has 0 aliphatic carbocycles. The molecule has 0 unspecified atom stereocenters. The van der Waals surface area contributed by atoms with E-state index in [1.165, 1.54) is 16.4 Å². The van der Waals surface area contributed by atoms with Crippen molar-refractivity contribution >= 4 is 15.9 Å². The van der Waals surface area contributed by atoms with Crippen molar-refractivity contribution in [2.24, 2.45) is 5.92 Å². The van der Waals surface area contributed by atoms with Crippen molar-refractivity contribution in [3.63, 3.8) is 0 Å². The Morgan fingerprint density at radius 1 is 1.09 bits per heavy atom. The number of sulfonamides is 1. The quantitative estimate of drug-likeness (QED) is 0.837. The van der Waals surface area contributed by atoms with Gasteiger partial charge >= 0.3 is 0 Å². The molecule has 124 valence electrons. The molecule has 1 amide bonds. The molecule has 1 rings (SSSR count). The summed E-state index contributed by atoms with van der Waals surface area (Å²) in [6.07, 6.45) is 0. The predicted octanol–water partition coefficient (Wildman–Crippen LogP) is 2.49. The molecule has 0 aliphatic rings. The Morgan fingerprint density at radius 2 is 1.59 bits per heavy atom. The van der Waals surface area contributed by atoms with Gasteiger partial charge in [0.1, 0.15) is 0 Å². The smallest absolute Gasteiger partial charge is 0.251 e. The molecule has 1 atom stereocenters. The highest BCUT2D eigenvalue weighted by Gasteiger charge is 2.21. The van der Waals surface area contributed by atoms with Gasteiger partial charge in [0, 0.05) is 24.7 Å². The summed E-state index contributed by atoms with van der Waals surface area (Å²) in [5, 5.41) is 2.90. The van der Waals surface area contributed by atoms with Crippen LogP contribution >= 0.6 is 0 Å². The second-order valence-electron chi connectivity index (χ2n) is 5.62. The predicted molar refractivity (Wildman–Crippen MR) is 88.3 cm³/mol. The first-order valence-corrected chi connectivity index (χ1v) is 9.09. The van der Waals surface area contributed by atoms with Gasteiger partial charge in [0.15, 0.2) is 0 Å². The van der Waals surface area contributed by atoms with Crippen LogP contribution in [0.25, 0.3) is 0 Å². The van der Waals surface area contributed by atoms with Crippen LogP contribution in [0.5, 0.6) is 0 Å². The van der Waals surface area contributed by atoms with Crippen LogP contribution in [-0.4, -0.2) is 37.8 Å². The van der Waals surface area contributed by atoms with E-state index < -0.39 is 10.0 Å². The SMILES string of the molecule is CCN(CC)S(=O)(=O)c1ccc(C(=O)N[C@H](C)C(C)C)cc1. The molecule has 1 aromatic rings. The van der Waals surface area contributed by atoms with Crippen LogP contribution in [0, 0.1) is 5.92 Å². The van der Waals surface area contributed by atoms with E-state index in [4.69, 9.17) is 0 Å². The fourth-order valence-electron chi connectivity index (χ4n) is 1.95. The summed E-state index contributed by atoms with van der Waals surface area (Å²) >= 11 is 0. The lowest BCUT2D eigenvalue weighted by Crippen LogP contribution is -2.36. The van der Waals surface area contributed by atoms with Gasteiger partial charge in [-0.15, -0.1) is 0 Å². The van der Waals surface area contributed by atoms with Crippen molar-refractivity contribution < 1.29 is 13.2 Å². The fraction of sp³-hybridized carbons (Fsp3) is 0.562. The molecule has 1 aromatic carbocycles. The van der Waals surface area contributed by atoms with Gasteiger partial charge in [-0.1, -0.05) is 27.7 Å². The second kappa shape index (κ2) is 7.74. The van der Waals surface area contributed by atoms with Gasteiger partial charge in [0.05, 0.1) is 4.90 Å². The summed E-state index contributed by atoms with van der Waals surface area (Å²) in [5.41, 5.74) is 0.464. The van der Waals surface area contributed by atoms with E-state index in [1.807, 2.05) is 20.8 Å². The maximum atomic E-state index is 12.4. The maximum Gasteiger partial charge on any atom is 0.251 e. The fourth-order valence-corrected chi connectivity index (χ4v) is 3.41. The van der Waals surface area contributed by atoms with E-state index in [0.29, 0.717) is 24.6 Å². The summed E-state index contributed by atoms with van der Waals surface area (Å²) in [5.74, 6) is 0.152. The first-order valence-electron chi connectivity index (χ1n) is 7.65. The van der Waals surface area contributed by atoms with Gasteiger partial charge in [0.25, 0.3) is 5.91 Å². The van der Waals surface area contributed by atoms with Gasteiger partial charge in [-0.25, -0.2) is 8.42 Å². The Hall–Kier alpha value is -1.40. The molecule has 0 spiro atoms. The number of rotatable bonds is 7. The molecule has 0 aliphatic heterocycles. The molecule has 22 heavy (non-hydrogen) atoms. The van der Waals surface area contributed by atoms with Crippen LogP contribution in [0.1, 0.15) is 45.0 Å². The maximum absolute atomic E-state index is 12.4. The Kier molecular flexibility index (Phi) is 6.56. The molecular weight excluding hydrogens is 300 g/mol. The number of nitrogens with zero attached hydrogens (tertiary/aromatic N) is 1. The number of hydrogen-bond donors (Lipinski definition) is 1. The normalized spacial score (nSPS) is 13.4. The van der Waals surface area contributed by atoms with Crippen molar-refractivity contribution in [1.82, 2.24) is 9.62 Å². The van der Waals surface area contributed by atoms with Crippen molar-refractivity contribution in [1.29, 1.82) is 0 Å². The first kappa shape index (κ1) is 18.6. The highest BCUT2D eigenvalue weighted by atomic mass is 32.2. The minimum absolute atomic E-state index is 0.0617. The number of nitrogens with one attached hydrogen (secondary N) is 1. The number of hydrogen-bond acceptors (Lipinski definition) is 3. The molecule has 0 bridgehead atoms. The lowest BCUT2D eigenvalue weighted by molar-refractivity contribution is 0.0930. The average molecular weight is 326 g/mol. The molecule has 1 N–H and O–H groups in total. The summed E-state index contributed by atoms with van der Waals surface area (Å²) in [4.78, 5) is 12.3. The Bertz CT molecular complexity index is 590. The molecular formula is C16H26N2O3S. The van der Waals surface area contributed by atoms with Crippen LogP contribution < -0.4 is 5.32 Å². The number of carbonyl (C=O) groups excluding carboxylic acids is 1. The number of carbonyl (C=O) groups is 1. The third-order valence-corrected chi connectivity index (χ3v) is 5.88. The monoisotopic (exact) mass is 326 g/mol. The van der Waals surface area contributed by atoms with Gasteiger partial charge in [-0.3, -0.25) is 4.79 Å². The van der Waals surface area contributed by atoms with Crippen LogP contribution in [-0.2, 0) is 10.0 Å². The van der Waals surface area contributed by atoms with E-state index in [0.717, 1.165) is 0 Å². The molecule has 0 aromatic heterocycles. The van der Waals surface area contributed by atoms with E-state index >= 15 is 0 Å². The minimum Gasteiger partial charge on any atom is -0.349 e. The third-order valence-electron chi connectivity index (χ3n) is 3.82. The van der Waals surface area contributed by atoms with Crippen molar-refractivity contribution in [3.8, 4) is 0 Å². The summed E-state index contributed by atoms with van der Waals surface area (Å²) in [6, 6.07) is 6.15. The minimum atomic E-state index is -3.48. The van der Waals surface area contributed by atoms with Crippen LogP contribution in [0.2, 0.25) is 0 Å². The molecule has 0 radical (unpaired) electrons. The van der Waals surface area contributed by atoms with Crippen LogP contribution in [0.3, 0.4) is 0 Å². The van der Waals surface area contributed by atoms with Gasteiger partial charge in [-0.2, -0.15) is 4.31 Å². The van der Waals surface area contributed by atoms with Crippen LogP contribution in [0.4, 0.5) is 0 Å². The second-order valence-corrected chi connectivity index (χ2v) is 7.56. The molecule has 5 nitrogen and oxygen atoms in total. The average Bonchev–Trinajstić information content (AvgIpc) is 2.48. The third kappa shape index (κ3) is 4.30. The lowest BCUT2D eigenvalue weighted by atomic mass is 10.1. The molecule has 0 saturated heterocycles. The highest BCUT2D eigenvalue weighted by molar-refractivity contribution is 7.89. The topological polar surface area (TPSA) is 66.5 Å². The summed E-state index contributed by atoms with van der Waals surface area (Å²) < 4.78 is 26.1. The van der Waals surface area contributed by atoms with E-state index in [9.17, 15) is 13.2 Å². The van der Waals surface area contributed by atoms with Gasteiger partial charge in [-0.05, 0) is 37.1 Å². The summed E-state index contributed by atoms with van der Waals surface area (Å²) in [7, 11) is -3.48. The van der Waals surface area contributed by atoms with Crippen molar-refractivity contribution in [2.75, 3.05) is 13.1 Å². The summed E-state index contributed by atoms with van der Waals surface area (Å²) in [6.45, 7) is 10.5. The number of benzene rings is 1. The Balaban J connectivity index is 2.94. The van der Waals surface area contributed by atoms with Gasteiger partial charge in [0.2, 0.25) is 10.0 Å². The first-order chi connectivity index (χ1) is 10.2. The van der Waals surface area contributed by atoms with E-state index in [1.54, 1.807) is 26.0 Å². The Morgan fingerprint density at radius 3 is 2.00 bits per heavy atom. The lowest BCUT2D eigenvalue weighted by Gasteiger charge is -2.19. The van der Waals surface area contributed by atoms with E-state index in [2.05, 4.69) is 5.32 Å². The van der Waals surface area contributed by atoms with Crippen LogP contribution in [0.15, 0.2) is 29.2 Å². The Labute approximate surface area is 133 Å². The molecule has 0 heterocycles. The standard InChI is InChI=1S/C16H26N2O3S/c1-6-18(7-2)22(20,21)15-10-8-14(9-11-15)16(19)17-13(5)12(3)4/h8-13H,6-7H2,1-5H3,(H,17,19)/t13-/m1/s1. The zero-order chi connectivity index (χ0) is 16.9. The molecule has 0 saturated carbocycles. The van der Waals surface area contributed by atoms with E-state index in [-0.39, 0.29) is 16.8 Å². The van der Waals surface area contributed by atoms with Crippen molar-refractivity contribution in [2.45, 2.75) is 45.6 Å². The van der Waals surface area contributed by atoms with Crippen molar-refractivity contribution in [3.05, 3.63) is 29.8 Å². The van der Waals surface area contributed by atoms with Gasteiger partial charge < -0.3 is 5.32 Å². The molecule has 0 fully saturated rings.